The van der Waals surface area contributed by atoms with Gasteiger partial charge in [-0.25, -0.2) is 0 Å². The molecule has 1 fully saturated rings. The van der Waals surface area contributed by atoms with Crippen molar-refractivity contribution in [1.29, 1.82) is 0 Å². The predicted molar refractivity (Wildman–Crippen MR) is 91.4 cm³/mol. The lowest BCUT2D eigenvalue weighted by Gasteiger charge is -2.24. The van der Waals surface area contributed by atoms with Crippen LogP contribution in [0.3, 0.4) is 0 Å². The third kappa shape index (κ3) is 3.28. The largest absolute Gasteiger partial charge is 0.341 e. The van der Waals surface area contributed by atoms with Gasteiger partial charge in [0.1, 0.15) is 6.54 Å². The number of rotatable bonds is 6. The quantitative estimate of drug-likeness (QED) is 0.724. The van der Waals surface area contributed by atoms with E-state index in [0.29, 0.717) is 19.0 Å². The Morgan fingerprint density at radius 2 is 1.71 bits per heavy atom. The van der Waals surface area contributed by atoms with Crippen LogP contribution in [0.1, 0.15) is 46.9 Å². The predicted octanol–water partition coefficient (Wildman–Crippen LogP) is 3.24. The third-order valence-corrected chi connectivity index (χ3v) is 5.05. The molecule has 0 unspecified atom stereocenters. The molecule has 3 amide bonds. The van der Waals surface area contributed by atoms with E-state index in [1.54, 1.807) is 4.90 Å². The fraction of sp³-hybridized carbons (Fsp3) is 0.471. The zero-order valence-corrected chi connectivity index (χ0v) is 14.9. The first-order valence-electron chi connectivity index (χ1n) is 8.05. The summed E-state index contributed by atoms with van der Waals surface area (Å²) in [4.78, 5) is 40.2. The van der Waals surface area contributed by atoms with Crippen molar-refractivity contribution in [2.45, 2.75) is 26.2 Å². The van der Waals surface area contributed by atoms with Crippen molar-refractivity contribution in [2.24, 2.45) is 5.92 Å². The molecule has 1 aliphatic carbocycles. The lowest BCUT2D eigenvalue weighted by atomic mass is 10.1. The van der Waals surface area contributed by atoms with E-state index in [1.807, 2.05) is 6.92 Å². The average Bonchev–Trinajstić information content (AvgIpc) is 3.33. The van der Waals surface area contributed by atoms with Gasteiger partial charge in [-0.05, 0) is 37.3 Å². The molecule has 2 aliphatic rings. The van der Waals surface area contributed by atoms with Gasteiger partial charge in [0.15, 0.2) is 0 Å². The molecule has 1 saturated carbocycles. The minimum Gasteiger partial charge on any atom is -0.341 e. The second kappa shape index (κ2) is 6.73. The van der Waals surface area contributed by atoms with E-state index in [9.17, 15) is 14.4 Å². The summed E-state index contributed by atoms with van der Waals surface area (Å²) in [5.74, 6) is -0.634. The fourth-order valence-electron chi connectivity index (χ4n) is 2.86. The van der Waals surface area contributed by atoms with Crippen molar-refractivity contribution in [3.8, 4) is 0 Å². The zero-order valence-electron chi connectivity index (χ0n) is 13.3. The Bertz CT molecular complexity index is 675. The summed E-state index contributed by atoms with van der Waals surface area (Å²) in [6, 6.07) is 2.77. The van der Waals surface area contributed by atoms with Gasteiger partial charge in [0, 0.05) is 13.1 Å². The van der Waals surface area contributed by atoms with Gasteiger partial charge in [-0.15, -0.1) is 0 Å². The SMILES string of the molecule is CCCN(CC1CC1)C(=O)CN1C(=O)c2cc(Cl)c(Cl)cc2C1=O. The minimum atomic E-state index is -0.496. The van der Waals surface area contributed by atoms with Crippen molar-refractivity contribution in [3.05, 3.63) is 33.3 Å². The normalized spacial score (nSPS) is 16.5. The van der Waals surface area contributed by atoms with E-state index in [-0.39, 0.29) is 33.6 Å². The molecule has 0 saturated heterocycles. The fourth-order valence-corrected chi connectivity index (χ4v) is 3.19. The Hall–Kier alpha value is -1.59. The van der Waals surface area contributed by atoms with E-state index in [4.69, 9.17) is 23.2 Å². The molecular formula is C17H18Cl2N2O3. The molecule has 0 aromatic heterocycles. The highest BCUT2D eigenvalue weighted by molar-refractivity contribution is 6.43. The van der Waals surface area contributed by atoms with Crippen LogP contribution < -0.4 is 0 Å². The van der Waals surface area contributed by atoms with Crippen molar-refractivity contribution >= 4 is 40.9 Å². The summed E-state index contributed by atoms with van der Waals surface area (Å²) in [5.41, 5.74) is 0.401. The molecule has 24 heavy (non-hydrogen) atoms. The second-order valence-electron chi connectivity index (χ2n) is 6.29. The lowest BCUT2D eigenvalue weighted by Crippen LogP contribution is -2.43. The highest BCUT2D eigenvalue weighted by atomic mass is 35.5. The zero-order chi connectivity index (χ0) is 17.4. The Kier molecular flexibility index (Phi) is 4.83. The highest BCUT2D eigenvalue weighted by Crippen LogP contribution is 2.32. The highest BCUT2D eigenvalue weighted by Gasteiger charge is 2.38. The Labute approximate surface area is 150 Å². The van der Waals surface area contributed by atoms with Crippen LogP contribution in [0.2, 0.25) is 10.0 Å². The summed E-state index contributed by atoms with van der Waals surface area (Å²) in [5, 5.41) is 0.428. The molecule has 0 radical (unpaired) electrons. The molecule has 1 aromatic rings. The van der Waals surface area contributed by atoms with Crippen LogP contribution in [0.5, 0.6) is 0 Å². The van der Waals surface area contributed by atoms with E-state index in [1.165, 1.54) is 12.1 Å². The lowest BCUT2D eigenvalue weighted by molar-refractivity contribution is -0.131. The smallest absolute Gasteiger partial charge is 0.262 e. The van der Waals surface area contributed by atoms with Gasteiger partial charge >= 0.3 is 0 Å². The van der Waals surface area contributed by atoms with Gasteiger partial charge < -0.3 is 4.90 Å². The first kappa shape index (κ1) is 17.2. The molecule has 3 rings (SSSR count). The van der Waals surface area contributed by atoms with E-state index in [0.717, 1.165) is 24.2 Å². The number of carbonyl (C=O) groups excluding carboxylic acids is 3. The Balaban J connectivity index is 1.76. The summed E-state index contributed by atoms with van der Waals surface area (Å²) < 4.78 is 0. The first-order valence-corrected chi connectivity index (χ1v) is 8.81. The maximum Gasteiger partial charge on any atom is 0.262 e. The van der Waals surface area contributed by atoms with E-state index >= 15 is 0 Å². The Morgan fingerprint density at radius 1 is 1.17 bits per heavy atom. The van der Waals surface area contributed by atoms with Crippen LogP contribution >= 0.6 is 23.2 Å². The van der Waals surface area contributed by atoms with E-state index in [2.05, 4.69) is 0 Å². The molecule has 0 spiro atoms. The van der Waals surface area contributed by atoms with Crippen LogP contribution in [0.15, 0.2) is 12.1 Å². The number of carbonyl (C=O) groups is 3. The maximum atomic E-state index is 12.6. The van der Waals surface area contributed by atoms with Gasteiger partial charge in [-0.3, -0.25) is 19.3 Å². The molecule has 1 aliphatic heterocycles. The summed E-state index contributed by atoms with van der Waals surface area (Å²) in [6.07, 6.45) is 3.11. The molecule has 0 N–H and O–H groups in total. The van der Waals surface area contributed by atoms with Crippen molar-refractivity contribution in [3.63, 3.8) is 0 Å². The van der Waals surface area contributed by atoms with E-state index < -0.39 is 11.8 Å². The number of fused-ring (bicyclic) bond motifs is 1. The third-order valence-electron chi connectivity index (χ3n) is 4.33. The molecule has 0 bridgehead atoms. The van der Waals surface area contributed by atoms with Gasteiger partial charge in [-0.2, -0.15) is 0 Å². The molecule has 5 nitrogen and oxygen atoms in total. The standard InChI is InChI=1S/C17H18Cl2N2O3/c1-2-5-20(8-10-3-4-10)15(22)9-21-16(23)11-6-13(18)14(19)7-12(11)17(21)24/h6-7,10H,2-5,8-9H2,1H3. The number of halogens is 2. The molecule has 7 heteroatoms. The van der Waals surface area contributed by atoms with Crippen LogP contribution in [0.25, 0.3) is 0 Å². The summed E-state index contributed by atoms with van der Waals surface area (Å²) in [6.45, 7) is 3.09. The number of nitrogens with zero attached hydrogens (tertiary/aromatic N) is 2. The molecule has 1 aromatic carbocycles. The molecule has 0 atom stereocenters. The number of amides is 3. The molecule has 128 valence electrons. The minimum absolute atomic E-state index is 0.199. The van der Waals surface area contributed by atoms with Gasteiger partial charge in [-0.1, -0.05) is 30.1 Å². The average molecular weight is 369 g/mol. The van der Waals surface area contributed by atoms with Gasteiger partial charge in [0.05, 0.1) is 21.2 Å². The Morgan fingerprint density at radius 3 is 2.17 bits per heavy atom. The van der Waals surface area contributed by atoms with Crippen LogP contribution in [-0.4, -0.2) is 47.2 Å². The number of benzene rings is 1. The van der Waals surface area contributed by atoms with Crippen LogP contribution in [-0.2, 0) is 4.79 Å². The summed E-state index contributed by atoms with van der Waals surface area (Å²) >= 11 is 11.9. The van der Waals surface area contributed by atoms with Crippen molar-refractivity contribution in [2.75, 3.05) is 19.6 Å². The monoisotopic (exact) mass is 368 g/mol. The molecular weight excluding hydrogens is 351 g/mol. The van der Waals surface area contributed by atoms with Crippen LogP contribution in [0, 0.1) is 5.92 Å². The second-order valence-corrected chi connectivity index (χ2v) is 7.11. The number of hydrogen-bond acceptors (Lipinski definition) is 3. The number of imide groups is 1. The summed E-state index contributed by atoms with van der Waals surface area (Å²) in [7, 11) is 0. The molecule has 1 heterocycles. The maximum absolute atomic E-state index is 12.6. The van der Waals surface area contributed by atoms with Crippen molar-refractivity contribution < 1.29 is 14.4 Å². The first-order chi connectivity index (χ1) is 11.4. The van der Waals surface area contributed by atoms with Crippen LogP contribution in [0.4, 0.5) is 0 Å². The van der Waals surface area contributed by atoms with Gasteiger partial charge in [0.25, 0.3) is 11.8 Å². The van der Waals surface area contributed by atoms with Gasteiger partial charge in [0.2, 0.25) is 5.91 Å². The van der Waals surface area contributed by atoms with Crippen molar-refractivity contribution in [1.82, 2.24) is 9.80 Å². The number of hydrogen-bond donors (Lipinski definition) is 0. The topological polar surface area (TPSA) is 57.7 Å².